The number of carbonyl (C=O) groups excluding carboxylic acids is 2. The predicted octanol–water partition coefficient (Wildman–Crippen LogP) is 10.3. The summed E-state index contributed by atoms with van der Waals surface area (Å²) < 4.78 is 90.0. The molecule has 2 amide bonds. The molecular weight excluding hydrogens is 911 g/mol. The third-order valence-corrected chi connectivity index (χ3v) is 14.0. The highest BCUT2D eigenvalue weighted by Gasteiger charge is 2.52. The number of amides is 2. The minimum absolute atomic E-state index is 0.0364. The van der Waals surface area contributed by atoms with Gasteiger partial charge in [0.05, 0.1) is 73.6 Å². The fourth-order valence-corrected chi connectivity index (χ4v) is 10.5. The molecule has 0 saturated carbocycles. The van der Waals surface area contributed by atoms with Gasteiger partial charge in [0.1, 0.15) is 11.9 Å². The van der Waals surface area contributed by atoms with Crippen LogP contribution in [0, 0.1) is 0 Å². The van der Waals surface area contributed by atoms with Crippen LogP contribution in [0.3, 0.4) is 0 Å². The molecule has 0 bridgehead atoms. The molecule has 3 aliphatic heterocycles. The van der Waals surface area contributed by atoms with E-state index < -0.39 is 72.1 Å². The molecule has 11 rings (SSSR count). The Balaban J connectivity index is 1.09. The van der Waals surface area contributed by atoms with Crippen LogP contribution in [0.1, 0.15) is 81.3 Å². The fourth-order valence-electron chi connectivity index (χ4n) is 10.5. The molecule has 5 aromatic carbocycles. The standard InChI is InChI=1S/C58H51F4N3O6/c1-58(2,3)37-21-19-33(20-22-37)28-64-55(66)50-48-39-24-41(59)43(61)26-45(39)63-52(48)53-49(51(50)56(64)67)40-25-42(60)44(62)27-46(40)65(53)57-54(70-31-36-17-11-6-12-18-36)47(69-30-35-15-9-5-10-16-35)23-38(71-57)32-68-29-34-13-7-4-8-14-34/h4-22,25-27,38,46-47,54,57,63H,23-24,28-32H2,1-3H3/t38-,46?,47-,54+,57+/m0/s1. The maximum atomic E-state index is 16.1. The number of nitrogens with zero attached hydrogens (tertiary/aromatic N) is 2. The summed E-state index contributed by atoms with van der Waals surface area (Å²) in [6.45, 7) is 6.85. The first-order valence-corrected chi connectivity index (χ1v) is 23.9. The zero-order chi connectivity index (χ0) is 49.1. The van der Waals surface area contributed by atoms with E-state index in [9.17, 15) is 0 Å². The summed E-state index contributed by atoms with van der Waals surface area (Å²) in [5, 5.41) is 0.557. The van der Waals surface area contributed by atoms with Gasteiger partial charge in [-0.15, -0.1) is 0 Å². The first-order valence-electron chi connectivity index (χ1n) is 23.9. The average Bonchev–Trinajstić information content (AvgIpc) is 3.97. The number of aromatic nitrogens is 1. The van der Waals surface area contributed by atoms with E-state index in [1.54, 1.807) is 4.90 Å². The van der Waals surface area contributed by atoms with Gasteiger partial charge in [-0.3, -0.25) is 14.5 Å². The lowest BCUT2D eigenvalue weighted by molar-refractivity contribution is -0.216. The number of hydrogen-bond acceptors (Lipinski definition) is 7. The number of hydrogen-bond donors (Lipinski definition) is 1. The van der Waals surface area contributed by atoms with Crippen molar-refractivity contribution in [1.29, 1.82) is 0 Å². The number of imide groups is 1. The normalized spacial score (nSPS) is 21.8. The molecule has 6 aromatic rings. The van der Waals surface area contributed by atoms with Crippen LogP contribution in [-0.2, 0) is 57.1 Å². The summed E-state index contributed by atoms with van der Waals surface area (Å²) in [4.78, 5) is 36.5. The number of ether oxygens (including phenoxy) is 4. The Morgan fingerprint density at radius 1 is 0.718 bits per heavy atom. The summed E-state index contributed by atoms with van der Waals surface area (Å²) in [6.07, 6.45) is -0.439. The van der Waals surface area contributed by atoms with Crippen LogP contribution in [0.15, 0.2) is 151 Å². The molecular formula is C58H51F4N3O6. The first-order chi connectivity index (χ1) is 34.3. The van der Waals surface area contributed by atoms with E-state index in [-0.39, 0.29) is 87.8 Å². The molecule has 1 aromatic heterocycles. The van der Waals surface area contributed by atoms with Gasteiger partial charge in [-0.25, -0.2) is 17.6 Å². The number of nitrogens with one attached hydrogen (secondary N) is 1. The summed E-state index contributed by atoms with van der Waals surface area (Å²) in [7, 11) is 0. The molecule has 2 aliphatic carbocycles. The van der Waals surface area contributed by atoms with Crippen LogP contribution >= 0.6 is 0 Å². The van der Waals surface area contributed by atoms with Gasteiger partial charge in [-0.1, -0.05) is 136 Å². The third kappa shape index (κ3) is 8.64. The Kier molecular flexibility index (Phi) is 12.2. The first kappa shape index (κ1) is 46.5. The SMILES string of the molecule is CC(C)(C)c1ccc(CN2C(=O)c3c(c4c5c([nH]c4c4c3=C3C=C(F)C(F)=CC3N4[C@@H]3O[C@H](COCc4ccccc4)C[C@H](OCc4ccccc4)[C@H]3OCc3ccccc3)=CC(F)=C(F)C5)C2=O)cc1. The van der Waals surface area contributed by atoms with Gasteiger partial charge in [0.25, 0.3) is 11.8 Å². The second kappa shape index (κ2) is 18.7. The molecule has 362 valence electrons. The topological polar surface area (TPSA) is 93.3 Å². The van der Waals surface area contributed by atoms with Gasteiger partial charge in [-0.05, 0) is 56.5 Å². The van der Waals surface area contributed by atoms with Gasteiger partial charge < -0.3 is 28.8 Å². The number of anilines is 1. The molecule has 5 aliphatic rings. The number of benzene rings is 5. The van der Waals surface area contributed by atoms with Crippen molar-refractivity contribution in [2.45, 2.75) is 96.0 Å². The lowest BCUT2D eigenvalue weighted by atomic mass is 9.87. The monoisotopic (exact) mass is 961 g/mol. The number of fused-ring (bicyclic) bond motifs is 9. The van der Waals surface area contributed by atoms with Crippen LogP contribution in [0.5, 0.6) is 0 Å². The maximum Gasteiger partial charge on any atom is 0.262 e. The number of rotatable bonds is 13. The molecule has 5 atom stereocenters. The van der Waals surface area contributed by atoms with Crippen molar-refractivity contribution in [2.24, 2.45) is 0 Å². The average molecular weight is 962 g/mol. The third-order valence-electron chi connectivity index (χ3n) is 14.0. The van der Waals surface area contributed by atoms with E-state index in [0.29, 0.717) is 12.0 Å². The highest BCUT2D eigenvalue weighted by molar-refractivity contribution is 6.29. The van der Waals surface area contributed by atoms with Crippen LogP contribution in [0.4, 0.5) is 23.2 Å². The molecule has 1 fully saturated rings. The fraction of sp³-hybridized carbons (Fsp3) is 0.276. The van der Waals surface area contributed by atoms with Gasteiger partial charge >= 0.3 is 0 Å². The summed E-state index contributed by atoms with van der Waals surface area (Å²) in [5.41, 5.74) is 5.14. The van der Waals surface area contributed by atoms with E-state index >= 15 is 27.2 Å². The van der Waals surface area contributed by atoms with E-state index in [4.69, 9.17) is 18.9 Å². The van der Waals surface area contributed by atoms with Crippen molar-refractivity contribution in [3.63, 3.8) is 0 Å². The Morgan fingerprint density at radius 2 is 1.34 bits per heavy atom. The predicted molar refractivity (Wildman–Crippen MR) is 262 cm³/mol. The highest BCUT2D eigenvalue weighted by Crippen LogP contribution is 2.46. The molecule has 71 heavy (non-hydrogen) atoms. The van der Waals surface area contributed by atoms with E-state index in [1.807, 2.05) is 115 Å². The van der Waals surface area contributed by atoms with E-state index in [0.717, 1.165) is 45.4 Å². The molecule has 0 radical (unpaired) electrons. The number of allylic oxidation sites excluding steroid dienone is 4. The molecule has 1 N–H and O–H groups in total. The van der Waals surface area contributed by atoms with Gasteiger partial charge in [0.2, 0.25) is 0 Å². The molecule has 13 heteroatoms. The van der Waals surface area contributed by atoms with E-state index in [1.165, 1.54) is 0 Å². The second-order valence-electron chi connectivity index (χ2n) is 19.8. The largest absolute Gasteiger partial charge is 0.374 e. The summed E-state index contributed by atoms with van der Waals surface area (Å²) in [6, 6.07) is 35.4. The Bertz CT molecular complexity index is 3290. The number of H-pyrrole nitrogens is 1. The molecule has 0 spiro atoms. The van der Waals surface area contributed by atoms with Gasteiger partial charge in [-0.2, -0.15) is 0 Å². The Labute approximate surface area is 408 Å². The van der Waals surface area contributed by atoms with Crippen LogP contribution in [0.25, 0.3) is 22.6 Å². The van der Waals surface area contributed by atoms with Gasteiger partial charge in [0.15, 0.2) is 23.7 Å². The molecule has 4 heterocycles. The number of carbonyl (C=O) groups is 2. The minimum atomic E-state index is -1.17. The van der Waals surface area contributed by atoms with Crippen molar-refractivity contribution >= 4 is 40.1 Å². The number of aromatic amines is 1. The van der Waals surface area contributed by atoms with E-state index in [2.05, 4.69) is 25.8 Å². The Morgan fingerprint density at radius 3 is 1.99 bits per heavy atom. The Hall–Kier alpha value is -6.90. The van der Waals surface area contributed by atoms with Crippen molar-refractivity contribution in [3.05, 3.63) is 206 Å². The smallest absolute Gasteiger partial charge is 0.262 e. The van der Waals surface area contributed by atoms with Crippen LogP contribution in [-0.4, -0.2) is 58.9 Å². The molecule has 9 nitrogen and oxygen atoms in total. The summed E-state index contributed by atoms with van der Waals surface area (Å²) in [5.74, 6) is -5.77. The second-order valence-corrected chi connectivity index (χ2v) is 19.8. The molecule has 1 unspecified atom stereocenters. The van der Waals surface area contributed by atoms with Crippen molar-refractivity contribution in [3.8, 4) is 0 Å². The lowest BCUT2D eigenvalue weighted by Gasteiger charge is -2.47. The summed E-state index contributed by atoms with van der Waals surface area (Å²) >= 11 is 0. The lowest BCUT2D eigenvalue weighted by Crippen LogP contribution is -2.60. The van der Waals surface area contributed by atoms with Crippen LogP contribution < -0.4 is 15.5 Å². The highest BCUT2D eigenvalue weighted by atomic mass is 19.2. The van der Waals surface area contributed by atoms with Gasteiger partial charge in [0, 0.05) is 34.9 Å². The zero-order valence-electron chi connectivity index (χ0n) is 39.4. The zero-order valence-corrected chi connectivity index (χ0v) is 39.4. The minimum Gasteiger partial charge on any atom is -0.374 e. The molecule has 1 saturated heterocycles. The van der Waals surface area contributed by atoms with Crippen molar-refractivity contribution in [2.75, 3.05) is 11.5 Å². The maximum absolute atomic E-state index is 16.1. The van der Waals surface area contributed by atoms with Crippen LogP contribution in [0.2, 0.25) is 0 Å². The van der Waals surface area contributed by atoms with Crippen molar-refractivity contribution < 1.29 is 46.1 Å². The number of halogens is 4. The quantitative estimate of drug-likeness (QED) is 0.0910. The van der Waals surface area contributed by atoms with Crippen molar-refractivity contribution in [1.82, 2.24) is 9.88 Å².